The largest absolute Gasteiger partial charge is 0.356 e. The number of hydrogen-bond donors (Lipinski definition) is 2. The summed E-state index contributed by atoms with van der Waals surface area (Å²) in [6.45, 7) is 4.46. The Morgan fingerprint density at radius 1 is 1.22 bits per heavy atom. The summed E-state index contributed by atoms with van der Waals surface area (Å²) in [7, 11) is -1.63. The Hall–Kier alpha value is -1.44. The lowest BCUT2D eigenvalue weighted by Crippen LogP contribution is -2.30. The standard InChI is InChI=1S/C16H27N3O3S/c1-3-4-12-19(2)13-10-16(20)18-11-9-14-5-7-15(8-6-14)23(17,21)22/h5-8H,3-4,9-13H2,1-2H3,(H,18,20)(H2,17,21,22). The van der Waals surface area contributed by atoms with Crippen LogP contribution in [0.15, 0.2) is 29.2 Å². The van der Waals surface area contributed by atoms with Crippen molar-refractivity contribution in [2.45, 2.75) is 37.5 Å². The lowest BCUT2D eigenvalue weighted by molar-refractivity contribution is -0.121. The van der Waals surface area contributed by atoms with Gasteiger partial charge in [-0.2, -0.15) is 0 Å². The van der Waals surface area contributed by atoms with Crippen LogP contribution in [-0.2, 0) is 21.2 Å². The molecule has 6 nitrogen and oxygen atoms in total. The van der Waals surface area contributed by atoms with Gasteiger partial charge in [0.25, 0.3) is 0 Å². The van der Waals surface area contributed by atoms with Crippen LogP contribution in [0.3, 0.4) is 0 Å². The number of benzene rings is 1. The van der Waals surface area contributed by atoms with E-state index >= 15 is 0 Å². The first-order valence-corrected chi connectivity index (χ1v) is 9.44. The number of carbonyl (C=O) groups excluding carboxylic acids is 1. The molecule has 7 heteroatoms. The van der Waals surface area contributed by atoms with E-state index in [1.165, 1.54) is 12.1 Å². The van der Waals surface area contributed by atoms with Gasteiger partial charge in [-0.05, 0) is 44.1 Å². The van der Waals surface area contributed by atoms with E-state index in [0.29, 0.717) is 19.4 Å². The van der Waals surface area contributed by atoms with Gasteiger partial charge < -0.3 is 10.2 Å². The number of primary sulfonamides is 1. The van der Waals surface area contributed by atoms with E-state index in [9.17, 15) is 13.2 Å². The highest BCUT2D eigenvalue weighted by molar-refractivity contribution is 7.89. The Labute approximate surface area is 139 Å². The summed E-state index contributed by atoms with van der Waals surface area (Å²) in [6.07, 6.45) is 3.44. The molecule has 0 saturated heterocycles. The highest BCUT2D eigenvalue weighted by Gasteiger charge is 2.07. The summed E-state index contributed by atoms with van der Waals surface area (Å²) in [6, 6.07) is 6.39. The van der Waals surface area contributed by atoms with Crippen molar-refractivity contribution in [2.75, 3.05) is 26.7 Å². The summed E-state index contributed by atoms with van der Waals surface area (Å²) >= 11 is 0. The molecule has 0 saturated carbocycles. The molecule has 0 aliphatic rings. The maximum atomic E-state index is 11.8. The van der Waals surface area contributed by atoms with Crippen LogP contribution >= 0.6 is 0 Å². The first kappa shape index (κ1) is 19.6. The number of nitrogens with two attached hydrogens (primary N) is 1. The third-order valence-electron chi connectivity index (χ3n) is 3.60. The van der Waals surface area contributed by atoms with Crippen LogP contribution < -0.4 is 10.5 Å². The van der Waals surface area contributed by atoms with E-state index in [4.69, 9.17) is 5.14 Å². The smallest absolute Gasteiger partial charge is 0.238 e. The number of rotatable bonds is 10. The Morgan fingerprint density at radius 3 is 2.43 bits per heavy atom. The minimum Gasteiger partial charge on any atom is -0.356 e. The fourth-order valence-electron chi connectivity index (χ4n) is 2.11. The molecule has 0 radical (unpaired) electrons. The van der Waals surface area contributed by atoms with Crippen molar-refractivity contribution in [3.05, 3.63) is 29.8 Å². The molecule has 1 amide bonds. The predicted molar refractivity (Wildman–Crippen MR) is 91.6 cm³/mol. The van der Waals surface area contributed by atoms with Crippen molar-refractivity contribution < 1.29 is 13.2 Å². The highest BCUT2D eigenvalue weighted by atomic mass is 32.2. The van der Waals surface area contributed by atoms with Gasteiger partial charge in [-0.3, -0.25) is 4.79 Å². The van der Waals surface area contributed by atoms with Crippen molar-refractivity contribution in [1.29, 1.82) is 0 Å². The molecule has 1 rings (SSSR count). The number of sulfonamides is 1. The first-order valence-electron chi connectivity index (χ1n) is 7.90. The van der Waals surface area contributed by atoms with Crippen molar-refractivity contribution in [3.63, 3.8) is 0 Å². The Morgan fingerprint density at radius 2 is 1.87 bits per heavy atom. The number of unbranched alkanes of at least 4 members (excludes halogenated alkanes) is 1. The highest BCUT2D eigenvalue weighted by Crippen LogP contribution is 2.08. The third-order valence-corrected chi connectivity index (χ3v) is 4.53. The molecule has 3 N–H and O–H groups in total. The Bertz CT molecular complexity index is 585. The van der Waals surface area contributed by atoms with Gasteiger partial charge in [0.15, 0.2) is 0 Å². The summed E-state index contributed by atoms with van der Waals surface area (Å²) < 4.78 is 22.3. The molecule has 0 fully saturated rings. The van der Waals surface area contributed by atoms with Crippen molar-refractivity contribution >= 4 is 15.9 Å². The summed E-state index contributed by atoms with van der Waals surface area (Å²) in [5.41, 5.74) is 0.956. The monoisotopic (exact) mass is 341 g/mol. The molecular formula is C16H27N3O3S. The zero-order valence-electron chi connectivity index (χ0n) is 13.9. The van der Waals surface area contributed by atoms with Crippen molar-refractivity contribution in [3.8, 4) is 0 Å². The fraction of sp³-hybridized carbons (Fsp3) is 0.562. The number of hydrogen-bond acceptors (Lipinski definition) is 4. The van der Waals surface area contributed by atoms with Gasteiger partial charge in [0.1, 0.15) is 0 Å². The summed E-state index contributed by atoms with van der Waals surface area (Å²) in [4.78, 5) is 14.0. The van der Waals surface area contributed by atoms with Crippen LogP contribution in [0, 0.1) is 0 Å². The average Bonchev–Trinajstić information content (AvgIpc) is 2.50. The topological polar surface area (TPSA) is 92.5 Å². The molecule has 0 aliphatic heterocycles. The average molecular weight is 341 g/mol. The molecule has 23 heavy (non-hydrogen) atoms. The van der Waals surface area contributed by atoms with Crippen LogP contribution in [-0.4, -0.2) is 45.9 Å². The van der Waals surface area contributed by atoms with E-state index in [2.05, 4.69) is 17.1 Å². The van der Waals surface area contributed by atoms with E-state index in [0.717, 1.165) is 31.5 Å². The minimum absolute atomic E-state index is 0.0366. The number of carbonyl (C=O) groups is 1. The normalized spacial score (nSPS) is 11.7. The lowest BCUT2D eigenvalue weighted by atomic mass is 10.1. The predicted octanol–water partition coefficient (Wildman–Crippen LogP) is 1.11. The van der Waals surface area contributed by atoms with Gasteiger partial charge in [-0.1, -0.05) is 25.5 Å². The molecule has 1 aromatic rings. The van der Waals surface area contributed by atoms with Crippen LogP contribution in [0.25, 0.3) is 0 Å². The summed E-state index contributed by atoms with van der Waals surface area (Å²) in [5.74, 6) is 0.0366. The second-order valence-electron chi connectivity index (χ2n) is 5.70. The number of nitrogens with zero attached hydrogens (tertiary/aromatic N) is 1. The maximum absolute atomic E-state index is 11.8. The number of amides is 1. The quantitative estimate of drug-likeness (QED) is 0.667. The third kappa shape index (κ3) is 8.11. The van der Waals surface area contributed by atoms with E-state index in [-0.39, 0.29) is 10.8 Å². The second kappa shape index (κ2) is 9.64. The van der Waals surface area contributed by atoms with E-state index < -0.39 is 10.0 Å². The zero-order chi connectivity index (χ0) is 17.3. The van der Waals surface area contributed by atoms with Crippen LogP contribution in [0.4, 0.5) is 0 Å². The molecule has 0 spiro atoms. The second-order valence-corrected chi connectivity index (χ2v) is 7.26. The Kier molecular flexibility index (Phi) is 8.22. The van der Waals surface area contributed by atoms with Crippen molar-refractivity contribution in [1.82, 2.24) is 10.2 Å². The van der Waals surface area contributed by atoms with Crippen LogP contribution in [0.5, 0.6) is 0 Å². The molecule has 0 aliphatic carbocycles. The van der Waals surface area contributed by atoms with Crippen LogP contribution in [0.2, 0.25) is 0 Å². The maximum Gasteiger partial charge on any atom is 0.238 e. The van der Waals surface area contributed by atoms with E-state index in [1.807, 2.05) is 7.05 Å². The molecule has 0 bridgehead atoms. The van der Waals surface area contributed by atoms with Gasteiger partial charge in [-0.15, -0.1) is 0 Å². The molecule has 130 valence electrons. The molecule has 0 aromatic heterocycles. The Balaban J connectivity index is 2.27. The zero-order valence-corrected chi connectivity index (χ0v) is 14.7. The van der Waals surface area contributed by atoms with E-state index in [1.54, 1.807) is 12.1 Å². The molecule has 0 unspecified atom stereocenters. The molecule has 0 atom stereocenters. The van der Waals surface area contributed by atoms with Crippen molar-refractivity contribution in [2.24, 2.45) is 5.14 Å². The minimum atomic E-state index is -3.65. The first-order chi connectivity index (χ1) is 10.8. The van der Waals surface area contributed by atoms with Gasteiger partial charge in [0.05, 0.1) is 4.90 Å². The molecule has 0 heterocycles. The van der Waals surface area contributed by atoms with Gasteiger partial charge in [0, 0.05) is 19.5 Å². The fourth-order valence-corrected chi connectivity index (χ4v) is 2.63. The van der Waals surface area contributed by atoms with Crippen LogP contribution in [0.1, 0.15) is 31.7 Å². The van der Waals surface area contributed by atoms with Gasteiger partial charge in [0.2, 0.25) is 15.9 Å². The lowest BCUT2D eigenvalue weighted by Gasteiger charge is -2.15. The molecule has 1 aromatic carbocycles. The van der Waals surface area contributed by atoms with Gasteiger partial charge >= 0.3 is 0 Å². The SMILES string of the molecule is CCCCN(C)CCC(=O)NCCc1ccc(S(N)(=O)=O)cc1. The molecular weight excluding hydrogens is 314 g/mol. The summed E-state index contributed by atoms with van der Waals surface area (Å²) in [5, 5.41) is 7.92. The van der Waals surface area contributed by atoms with Gasteiger partial charge in [-0.25, -0.2) is 13.6 Å². The number of nitrogens with one attached hydrogen (secondary N) is 1.